The Morgan fingerprint density at radius 1 is 1.15 bits per heavy atom. The molecule has 2 aliphatic heterocycles. The van der Waals surface area contributed by atoms with Gasteiger partial charge in [-0.3, -0.25) is 4.79 Å². The molecule has 26 heavy (non-hydrogen) atoms. The van der Waals surface area contributed by atoms with Crippen LogP contribution < -0.4 is 4.90 Å². The van der Waals surface area contributed by atoms with Crippen LogP contribution in [0.3, 0.4) is 0 Å². The molecule has 3 atom stereocenters. The van der Waals surface area contributed by atoms with E-state index in [4.69, 9.17) is 0 Å². The molecule has 0 spiro atoms. The third-order valence-corrected chi connectivity index (χ3v) is 8.39. The monoisotopic (exact) mass is 376 g/mol. The van der Waals surface area contributed by atoms with Crippen LogP contribution in [0.2, 0.25) is 0 Å². The topological polar surface area (TPSA) is 57.7 Å². The first kappa shape index (κ1) is 18.0. The number of benzene rings is 1. The van der Waals surface area contributed by atoms with Crippen molar-refractivity contribution < 1.29 is 13.2 Å². The second kappa shape index (κ2) is 6.64. The highest BCUT2D eigenvalue weighted by molar-refractivity contribution is 7.89. The van der Waals surface area contributed by atoms with Crippen LogP contribution >= 0.6 is 0 Å². The van der Waals surface area contributed by atoms with Gasteiger partial charge in [0, 0.05) is 31.7 Å². The molecule has 2 fully saturated rings. The number of hydrogen-bond acceptors (Lipinski definition) is 3. The zero-order valence-electron chi connectivity index (χ0n) is 15.6. The number of anilines is 1. The zero-order chi connectivity index (χ0) is 18.5. The lowest BCUT2D eigenvalue weighted by Crippen LogP contribution is -2.50. The fourth-order valence-electron chi connectivity index (χ4n) is 5.13. The van der Waals surface area contributed by atoms with Crippen LogP contribution in [0.1, 0.15) is 51.5 Å². The normalized spacial score (nSPS) is 29.3. The van der Waals surface area contributed by atoms with Crippen molar-refractivity contribution in [2.75, 3.05) is 18.0 Å². The van der Waals surface area contributed by atoms with Gasteiger partial charge in [0.15, 0.2) is 0 Å². The van der Waals surface area contributed by atoms with Crippen LogP contribution in [0.25, 0.3) is 0 Å². The quantitative estimate of drug-likeness (QED) is 0.796. The highest BCUT2D eigenvalue weighted by atomic mass is 32.2. The molecule has 1 aliphatic carbocycles. The number of amides is 1. The van der Waals surface area contributed by atoms with Crippen molar-refractivity contribution in [3.63, 3.8) is 0 Å². The molecule has 0 N–H and O–H groups in total. The molecule has 2 heterocycles. The van der Waals surface area contributed by atoms with Gasteiger partial charge in [-0.1, -0.05) is 13.0 Å². The molecule has 1 saturated carbocycles. The molecule has 1 amide bonds. The van der Waals surface area contributed by atoms with E-state index in [1.165, 1.54) is 6.92 Å². The Labute approximate surface area is 156 Å². The Kier molecular flexibility index (Phi) is 4.59. The highest BCUT2D eigenvalue weighted by Crippen LogP contribution is 2.41. The van der Waals surface area contributed by atoms with Gasteiger partial charge >= 0.3 is 0 Å². The summed E-state index contributed by atoms with van der Waals surface area (Å²) in [6.07, 6.45) is 6.09. The maximum atomic E-state index is 13.4. The van der Waals surface area contributed by atoms with E-state index in [2.05, 4.69) is 6.92 Å². The van der Waals surface area contributed by atoms with Crippen molar-refractivity contribution in [1.29, 1.82) is 0 Å². The molecular formula is C20H28N2O3S. The summed E-state index contributed by atoms with van der Waals surface area (Å²) in [5.74, 6) is 1.16. The average Bonchev–Trinajstić information content (AvgIpc) is 3.04. The predicted molar refractivity (Wildman–Crippen MR) is 102 cm³/mol. The number of nitrogens with zero attached hydrogens (tertiary/aromatic N) is 2. The smallest absolute Gasteiger partial charge is 0.243 e. The minimum Gasteiger partial charge on any atom is -0.312 e. The first-order chi connectivity index (χ1) is 12.4. The van der Waals surface area contributed by atoms with Crippen LogP contribution in [0, 0.1) is 11.8 Å². The van der Waals surface area contributed by atoms with Crippen molar-refractivity contribution in [3.05, 3.63) is 23.8 Å². The number of hydrogen-bond donors (Lipinski definition) is 0. The van der Waals surface area contributed by atoms with Crippen molar-refractivity contribution in [2.45, 2.75) is 63.3 Å². The van der Waals surface area contributed by atoms with Crippen LogP contribution in [0.4, 0.5) is 5.69 Å². The van der Waals surface area contributed by atoms with Crippen molar-refractivity contribution in [1.82, 2.24) is 4.31 Å². The molecule has 1 saturated heterocycles. The molecular weight excluding hydrogens is 348 g/mol. The Morgan fingerprint density at radius 2 is 1.96 bits per heavy atom. The number of carbonyl (C=O) groups excluding carboxylic acids is 1. The lowest BCUT2D eigenvalue weighted by molar-refractivity contribution is -0.116. The third kappa shape index (κ3) is 2.97. The van der Waals surface area contributed by atoms with Crippen LogP contribution in [0.5, 0.6) is 0 Å². The lowest BCUT2D eigenvalue weighted by atomic mass is 9.75. The van der Waals surface area contributed by atoms with Gasteiger partial charge in [0.1, 0.15) is 0 Å². The van der Waals surface area contributed by atoms with Gasteiger partial charge in [0.05, 0.1) is 4.90 Å². The van der Waals surface area contributed by atoms with Gasteiger partial charge < -0.3 is 4.90 Å². The van der Waals surface area contributed by atoms with Gasteiger partial charge in [-0.25, -0.2) is 8.42 Å². The Morgan fingerprint density at radius 3 is 2.73 bits per heavy atom. The predicted octanol–water partition coefficient (Wildman–Crippen LogP) is 3.18. The second-order valence-electron chi connectivity index (χ2n) is 8.21. The summed E-state index contributed by atoms with van der Waals surface area (Å²) in [6, 6.07) is 5.47. The van der Waals surface area contributed by atoms with Crippen LogP contribution in [0.15, 0.2) is 23.1 Å². The van der Waals surface area contributed by atoms with E-state index in [1.54, 1.807) is 21.3 Å². The largest absolute Gasteiger partial charge is 0.312 e. The Bertz CT molecular complexity index is 820. The first-order valence-electron chi connectivity index (χ1n) is 9.81. The second-order valence-corrected chi connectivity index (χ2v) is 10.1. The van der Waals surface area contributed by atoms with Gasteiger partial charge in [0.2, 0.25) is 15.9 Å². The van der Waals surface area contributed by atoms with E-state index in [1.807, 2.05) is 6.07 Å². The summed E-state index contributed by atoms with van der Waals surface area (Å²) in [7, 11) is -3.53. The SMILES string of the molecule is CC(=O)N1CCc2ccc(S(=O)(=O)N3CCCC4CC(C)CCC43)cc21. The van der Waals surface area contributed by atoms with E-state index in [9.17, 15) is 13.2 Å². The number of carbonyl (C=O) groups is 1. The number of rotatable bonds is 2. The van der Waals surface area contributed by atoms with E-state index in [0.717, 1.165) is 49.8 Å². The zero-order valence-corrected chi connectivity index (χ0v) is 16.5. The summed E-state index contributed by atoms with van der Waals surface area (Å²) in [5.41, 5.74) is 1.83. The molecule has 4 rings (SSSR count). The molecule has 1 aromatic rings. The number of fused-ring (bicyclic) bond motifs is 2. The minimum absolute atomic E-state index is 0.0300. The average molecular weight is 377 g/mol. The van der Waals surface area contributed by atoms with Gasteiger partial charge in [-0.15, -0.1) is 0 Å². The van der Waals surface area contributed by atoms with E-state index >= 15 is 0 Å². The summed E-state index contributed by atoms with van der Waals surface area (Å²) in [6.45, 7) is 5.07. The van der Waals surface area contributed by atoms with E-state index in [0.29, 0.717) is 29.8 Å². The van der Waals surface area contributed by atoms with Crippen molar-refractivity contribution in [2.24, 2.45) is 11.8 Å². The molecule has 3 unspecified atom stereocenters. The van der Waals surface area contributed by atoms with E-state index < -0.39 is 10.0 Å². The highest BCUT2D eigenvalue weighted by Gasteiger charge is 2.41. The maximum Gasteiger partial charge on any atom is 0.243 e. The Hall–Kier alpha value is -1.40. The molecule has 0 aromatic heterocycles. The minimum atomic E-state index is -3.53. The molecule has 5 nitrogen and oxygen atoms in total. The number of piperidine rings is 1. The number of sulfonamides is 1. The molecule has 0 bridgehead atoms. The molecule has 0 radical (unpaired) electrons. The molecule has 3 aliphatic rings. The summed E-state index contributed by atoms with van der Waals surface area (Å²) < 4.78 is 28.6. The van der Waals surface area contributed by atoms with Crippen molar-refractivity contribution >= 4 is 21.6 Å². The Balaban J connectivity index is 1.67. The van der Waals surface area contributed by atoms with Gasteiger partial charge in [0.25, 0.3) is 0 Å². The fourth-order valence-corrected chi connectivity index (χ4v) is 6.90. The molecule has 142 valence electrons. The van der Waals surface area contributed by atoms with Gasteiger partial charge in [-0.2, -0.15) is 4.31 Å². The standard InChI is InChI=1S/C20H28N2O3S/c1-14-5-8-19-17(12-14)4-3-10-22(19)26(24,25)18-7-6-16-9-11-21(15(2)23)20(16)13-18/h6-7,13-14,17,19H,3-5,8-12H2,1-2H3. The van der Waals surface area contributed by atoms with E-state index in [-0.39, 0.29) is 11.9 Å². The van der Waals surface area contributed by atoms with Crippen LogP contribution in [-0.4, -0.2) is 37.8 Å². The lowest BCUT2D eigenvalue weighted by Gasteiger charge is -2.44. The summed E-state index contributed by atoms with van der Waals surface area (Å²) >= 11 is 0. The molecule has 1 aromatic carbocycles. The summed E-state index contributed by atoms with van der Waals surface area (Å²) in [4.78, 5) is 13.9. The first-order valence-corrected chi connectivity index (χ1v) is 11.2. The fraction of sp³-hybridized carbons (Fsp3) is 0.650. The van der Waals surface area contributed by atoms with Crippen LogP contribution in [-0.2, 0) is 21.2 Å². The molecule has 6 heteroatoms. The third-order valence-electron chi connectivity index (χ3n) is 6.47. The maximum absolute atomic E-state index is 13.4. The van der Waals surface area contributed by atoms with Crippen molar-refractivity contribution in [3.8, 4) is 0 Å². The summed E-state index contributed by atoms with van der Waals surface area (Å²) in [5, 5.41) is 0. The van der Waals surface area contributed by atoms with Gasteiger partial charge in [-0.05, 0) is 68.1 Å².